The summed E-state index contributed by atoms with van der Waals surface area (Å²) in [4.78, 5) is 35.1. The van der Waals surface area contributed by atoms with Gasteiger partial charge < -0.3 is 20.7 Å². The van der Waals surface area contributed by atoms with E-state index in [1.54, 1.807) is 30.3 Å². The number of rotatable bonds is 7. The monoisotopic (exact) mass is 405 g/mol. The molecular weight excluding hydrogens is 386 g/mol. The summed E-state index contributed by atoms with van der Waals surface area (Å²) < 4.78 is 1.28. The fourth-order valence-electron chi connectivity index (χ4n) is 2.78. The van der Waals surface area contributed by atoms with E-state index in [0.717, 1.165) is 5.56 Å². The largest absolute Gasteiger partial charge is 0.493 e. The lowest BCUT2D eigenvalue weighted by molar-refractivity contribution is -0.122. The molecule has 9 heteroatoms. The van der Waals surface area contributed by atoms with Crippen molar-refractivity contribution in [1.82, 2.24) is 9.88 Å². The highest BCUT2D eigenvalue weighted by molar-refractivity contribution is 5.97. The molecular formula is C21H19N5O4. The summed E-state index contributed by atoms with van der Waals surface area (Å²) in [5.41, 5.74) is 6.63. The number of hydrogen-bond acceptors (Lipinski definition) is 5. The number of nitrogens with two attached hydrogens (primary N) is 1. The molecule has 152 valence electrons. The maximum Gasteiger partial charge on any atom is 0.283 e. The van der Waals surface area contributed by atoms with E-state index >= 15 is 0 Å². The first-order valence-corrected chi connectivity index (χ1v) is 8.99. The predicted molar refractivity (Wildman–Crippen MR) is 111 cm³/mol. The summed E-state index contributed by atoms with van der Waals surface area (Å²) in [6.07, 6.45) is 2.93. The van der Waals surface area contributed by atoms with Gasteiger partial charge in [-0.2, -0.15) is 0 Å². The molecule has 1 heterocycles. The van der Waals surface area contributed by atoms with Gasteiger partial charge in [-0.15, -0.1) is 10.2 Å². The second kappa shape index (κ2) is 9.28. The Morgan fingerprint density at radius 2 is 1.77 bits per heavy atom. The van der Waals surface area contributed by atoms with Gasteiger partial charge in [-0.3, -0.25) is 14.4 Å². The second-order valence-electron chi connectivity index (χ2n) is 6.30. The second-order valence-corrected chi connectivity index (χ2v) is 6.30. The number of carbonyl (C=O) groups excluding carboxylic acids is 3. The first-order valence-electron chi connectivity index (χ1n) is 8.99. The Kier molecular flexibility index (Phi) is 6.33. The molecule has 4 N–H and O–H groups in total. The Bertz CT molecular complexity index is 1150. The molecule has 0 saturated heterocycles. The van der Waals surface area contributed by atoms with Gasteiger partial charge in [-0.1, -0.05) is 48.5 Å². The third kappa shape index (κ3) is 4.96. The average molecular weight is 405 g/mol. The summed E-state index contributed by atoms with van der Waals surface area (Å²) in [6, 6.07) is 16.0. The predicted octanol–water partition coefficient (Wildman–Crippen LogP) is 2.27. The van der Waals surface area contributed by atoms with Crippen molar-refractivity contribution in [1.29, 1.82) is 0 Å². The summed E-state index contributed by atoms with van der Waals surface area (Å²) in [5.74, 6) is -2.14. The number of carbonyl (C=O) groups is 3. The smallest absolute Gasteiger partial charge is 0.283 e. The van der Waals surface area contributed by atoms with Gasteiger partial charge in [0.05, 0.1) is 5.52 Å². The summed E-state index contributed by atoms with van der Waals surface area (Å²) >= 11 is 0. The number of benzene rings is 2. The zero-order chi connectivity index (χ0) is 21.5. The maximum atomic E-state index is 12.0. The van der Waals surface area contributed by atoms with Crippen LogP contribution in [0.1, 0.15) is 5.56 Å². The van der Waals surface area contributed by atoms with Crippen LogP contribution in [-0.2, 0) is 20.9 Å². The van der Waals surface area contributed by atoms with Crippen molar-refractivity contribution in [3.05, 3.63) is 66.2 Å². The van der Waals surface area contributed by atoms with Crippen LogP contribution in [0.15, 0.2) is 70.9 Å². The fraction of sp³-hybridized carbons (Fsp3) is 0.0952. The van der Waals surface area contributed by atoms with E-state index in [1.807, 2.05) is 30.3 Å². The molecule has 3 rings (SSSR count). The molecule has 9 nitrogen and oxygen atoms in total. The summed E-state index contributed by atoms with van der Waals surface area (Å²) in [6.45, 7) is -0.609. The van der Waals surface area contributed by atoms with E-state index in [9.17, 15) is 19.5 Å². The van der Waals surface area contributed by atoms with E-state index in [2.05, 4.69) is 15.5 Å². The van der Waals surface area contributed by atoms with Crippen molar-refractivity contribution in [2.75, 3.05) is 6.54 Å². The fourth-order valence-corrected chi connectivity index (χ4v) is 2.78. The van der Waals surface area contributed by atoms with E-state index < -0.39 is 17.7 Å². The number of amides is 3. The lowest BCUT2D eigenvalue weighted by Gasteiger charge is -2.02. The van der Waals surface area contributed by atoms with E-state index in [1.165, 1.54) is 10.6 Å². The van der Waals surface area contributed by atoms with Crippen molar-refractivity contribution < 1.29 is 19.5 Å². The molecule has 0 aliphatic heterocycles. The topological polar surface area (TPSA) is 139 Å². The van der Waals surface area contributed by atoms with Crippen molar-refractivity contribution >= 4 is 40.4 Å². The minimum absolute atomic E-state index is 0.0375. The standard InChI is InChI=1S/C21H19N5O4/c22-17(27)13-26-16-9-5-4-8-15(16)20(21(26)30)25-24-19(29)12-23-18(28)11-10-14-6-2-1-3-7-14/h1-11,30H,12-13H2,(H2,22,27)(H,23,28). The number of aromatic nitrogens is 1. The number of primary amides is 1. The Labute approximate surface area is 171 Å². The van der Waals surface area contributed by atoms with Gasteiger partial charge in [0.15, 0.2) is 5.69 Å². The number of aromatic hydroxyl groups is 1. The van der Waals surface area contributed by atoms with Crippen LogP contribution < -0.4 is 11.1 Å². The van der Waals surface area contributed by atoms with Gasteiger partial charge in [-0.05, 0) is 17.7 Å². The lowest BCUT2D eigenvalue weighted by Crippen LogP contribution is -2.26. The van der Waals surface area contributed by atoms with Crippen LogP contribution in [0.2, 0.25) is 0 Å². The van der Waals surface area contributed by atoms with Gasteiger partial charge >= 0.3 is 0 Å². The zero-order valence-corrected chi connectivity index (χ0v) is 15.9. The highest BCUT2D eigenvalue weighted by Gasteiger charge is 2.17. The quantitative estimate of drug-likeness (QED) is 0.410. The molecule has 1 aromatic heterocycles. The Morgan fingerprint density at radius 3 is 2.50 bits per heavy atom. The van der Waals surface area contributed by atoms with Crippen molar-refractivity contribution in [2.45, 2.75) is 6.54 Å². The molecule has 0 saturated carbocycles. The molecule has 0 spiro atoms. The Balaban J connectivity index is 1.67. The van der Waals surface area contributed by atoms with Gasteiger partial charge in [0.2, 0.25) is 17.7 Å². The average Bonchev–Trinajstić information content (AvgIpc) is 3.00. The Morgan fingerprint density at radius 1 is 1.07 bits per heavy atom. The van der Waals surface area contributed by atoms with Crippen LogP contribution >= 0.6 is 0 Å². The minimum Gasteiger partial charge on any atom is -0.493 e. The van der Waals surface area contributed by atoms with Crippen molar-refractivity contribution in [2.24, 2.45) is 16.0 Å². The molecule has 3 amide bonds. The van der Waals surface area contributed by atoms with E-state index in [0.29, 0.717) is 10.9 Å². The number of nitrogens with zero attached hydrogens (tertiary/aromatic N) is 3. The van der Waals surface area contributed by atoms with Crippen LogP contribution in [-0.4, -0.2) is 33.9 Å². The van der Waals surface area contributed by atoms with Gasteiger partial charge in [-0.25, -0.2) is 0 Å². The van der Waals surface area contributed by atoms with Crippen molar-refractivity contribution in [3.8, 4) is 5.88 Å². The van der Waals surface area contributed by atoms with E-state index in [4.69, 9.17) is 5.73 Å². The molecule has 3 aromatic rings. The zero-order valence-electron chi connectivity index (χ0n) is 15.9. The first kappa shape index (κ1) is 20.5. The summed E-state index contributed by atoms with van der Waals surface area (Å²) in [7, 11) is 0. The number of azo groups is 1. The third-order valence-corrected chi connectivity index (χ3v) is 4.13. The molecule has 0 bridgehead atoms. The van der Waals surface area contributed by atoms with Crippen LogP contribution in [0, 0.1) is 0 Å². The van der Waals surface area contributed by atoms with Crippen molar-refractivity contribution in [3.63, 3.8) is 0 Å². The lowest BCUT2D eigenvalue weighted by atomic mass is 10.2. The normalized spacial score (nSPS) is 11.3. The third-order valence-electron chi connectivity index (χ3n) is 4.13. The number of nitrogens with one attached hydrogen (secondary N) is 1. The van der Waals surface area contributed by atoms with Gasteiger partial charge in [0.25, 0.3) is 5.91 Å². The molecule has 0 aliphatic rings. The first-order chi connectivity index (χ1) is 14.5. The van der Waals surface area contributed by atoms with Gasteiger partial charge in [0, 0.05) is 11.5 Å². The van der Waals surface area contributed by atoms with Crippen LogP contribution in [0.25, 0.3) is 17.0 Å². The molecule has 2 aromatic carbocycles. The molecule has 0 unspecified atom stereocenters. The summed E-state index contributed by atoms with van der Waals surface area (Å²) in [5, 5.41) is 20.7. The highest BCUT2D eigenvalue weighted by atomic mass is 16.3. The van der Waals surface area contributed by atoms with E-state index in [-0.39, 0.29) is 24.7 Å². The van der Waals surface area contributed by atoms with Crippen LogP contribution in [0.3, 0.4) is 0 Å². The number of hydrogen-bond donors (Lipinski definition) is 3. The number of fused-ring (bicyclic) bond motifs is 1. The maximum absolute atomic E-state index is 12.0. The molecule has 0 atom stereocenters. The minimum atomic E-state index is -0.706. The molecule has 0 fully saturated rings. The van der Waals surface area contributed by atoms with Crippen LogP contribution in [0.4, 0.5) is 5.69 Å². The van der Waals surface area contributed by atoms with Gasteiger partial charge in [0.1, 0.15) is 13.1 Å². The highest BCUT2D eigenvalue weighted by Crippen LogP contribution is 2.38. The van der Waals surface area contributed by atoms with Crippen LogP contribution in [0.5, 0.6) is 5.88 Å². The molecule has 0 aliphatic carbocycles. The number of para-hydroxylation sites is 1. The SMILES string of the molecule is NC(=O)Cn1c(O)c(N=NC(=O)CNC(=O)C=Cc2ccccc2)c2ccccc21. The molecule has 0 radical (unpaired) electrons. The molecule has 30 heavy (non-hydrogen) atoms. The Hall–Kier alpha value is -4.27.